The van der Waals surface area contributed by atoms with Gasteiger partial charge in [0.25, 0.3) is 0 Å². The van der Waals surface area contributed by atoms with Crippen molar-refractivity contribution in [2.24, 2.45) is 0 Å². The van der Waals surface area contributed by atoms with Crippen LogP contribution in [0.15, 0.2) is 12.1 Å². The van der Waals surface area contributed by atoms with Crippen molar-refractivity contribution in [2.75, 3.05) is 32.1 Å². The summed E-state index contributed by atoms with van der Waals surface area (Å²) >= 11 is 6.04. The first kappa shape index (κ1) is 21.7. The van der Waals surface area contributed by atoms with Crippen molar-refractivity contribution in [1.29, 1.82) is 0 Å². The maximum atomic E-state index is 12.4. The van der Waals surface area contributed by atoms with Crippen LogP contribution in [-0.2, 0) is 14.4 Å². The fraction of sp³-hybridized carbons (Fsp3) is 0.471. The van der Waals surface area contributed by atoms with E-state index in [4.69, 9.17) is 16.3 Å². The van der Waals surface area contributed by atoms with Gasteiger partial charge in [-0.3, -0.25) is 19.3 Å². The van der Waals surface area contributed by atoms with E-state index in [1.807, 2.05) is 0 Å². The number of carbonyl (C=O) groups is 3. The van der Waals surface area contributed by atoms with Gasteiger partial charge in [-0.2, -0.15) is 0 Å². The van der Waals surface area contributed by atoms with Gasteiger partial charge in [-0.1, -0.05) is 11.6 Å². The molecule has 0 fully saturated rings. The Labute approximate surface area is 157 Å². The highest BCUT2D eigenvalue weighted by Crippen LogP contribution is 2.30. The van der Waals surface area contributed by atoms with E-state index < -0.39 is 17.9 Å². The van der Waals surface area contributed by atoms with Gasteiger partial charge in [0.2, 0.25) is 11.8 Å². The number of hydrogen-bond acceptors (Lipinski definition) is 5. The van der Waals surface area contributed by atoms with Crippen LogP contribution in [-0.4, -0.2) is 60.6 Å². The third kappa shape index (κ3) is 6.53. The Morgan fingerprint density at radius 1 is 1.35 bits per heavy atom. The van der Waals surface area contributed by atoms with Crippen LogP contribution in [0.1, 0.15) is 19.4 Å². The lowest BCUT2D eigenvalue weighted by atomic mass is 10.2. The van der Waals surface area contributed by atoms with E-state index in [1.54, 1.807) is 19.1 Å². The minimum Gasteiger partial charge on any atom is -0.495 e. The van der Waals surface area contributed by atoms with Gasteiger partial charge in [0.1, 0.15) is 11.8 Å². The lowest BCUT2D eigenvalue weighted by molar-refractivity contribution is -0.142. The zero-order valence-corrected chi connectivity index (χ0v) is 16.0. The summed E-state index contributed by atoms with van der Waals surface area (Å²) in [6, 6.07) is 2.39. The molecular formula is C17H24ClN3O5. The van der Waals surface area contributed by atoms with Gasteiger partial charge < -0.3 is 20.5 Å². The summed E-state index contributed by atoms with van der Waals surface area (Å²) in [4.78, 5) is 36.1. The first-order valence-electron chi connectivity index (χ1n) is 8.01. The standard InChI is InChI=1S/C17H24ClN3O5/c1-10-7-14(15(26-4)8-13(10)18)20-16(23)9-21(11(2)17(24)25)6-5-19-12(3)22/h7-8,11H,5-6,9H2,1-4H3,(H,19,22)(H,20,23)(H,24,25). The van der Waals surface area contributed by atoms with Crippen molar-refractivity contribution in [3.63, 3.8) is 0 Å². The SMILES string of the molecule is COc1cc(Cl)c(C)cc1NC(=O)CN(CCNC(C)=O)C(C)C(=O)O. The molecule has 1 aromatic rings. The third-order valence-corrected chi connectivity index (χ3v) is 4.19. The number of methoxy groups -OCH3 is 1. The highest BCUT2D eigenvalue weighted by Gasteiger charge is 2.23. The molecule has 0 spiro atoms. The van der Waals surface area contributed by atoms with E-state index in [1.165, 1.54) is 25.9 Å². The van der Waals surface area contributed by atoms with Gasteiger partial charge in [0, 0.05) is 31.1 Å². The second kappa shape index (κ2) is 9.98. The molecule has 26 heavy (non-hydrogen) atoms. The number of aryl methyl sites for hydroxylation is 1. The molecule has 144 valence electrons. The van der Waals surface area contributed by atoms with Crippen molar-refractivity contribution in [3.8, 4) is 5.75 Å². The molecule has 1 aromatic carbocycles. The molecule has 0 saturated heterocycles. The van der Waals surface area contributed by atoms with Gasteiger partial charge in [-0.05, 0) is 25.5 Å². The summed E-state index contributed by atoms with van der Waals surface area (Å²) in [6.45, 7) is 4.95. The summed E-state index contributed by atoms with van der Waals surface area (Å²) < 4.78 is 5.21. The van der Waals surface area contributed by atoms with Crippen LogP contribution in [0, 0.1) is 6.92 Å². The Bertz CT molecular complexity index is 681. The van der Waals surface area contributed by atoms with Gasteiger partial charge in [-0.25, -0.2) is 0 Å². The number of amides is 2. The van der Waals surface area contributed by atoms with Crippen LogP contribution in [0.5, 0.6) is 5.75 Å². The minimum atomic E-state index is -1.06. The Hall–Kier alpha value is -2.32. The lowest BCUT2D eigenvalue weighted by Gasteiger charge is -2.25. The maximum absolute atomic E-state index is 12.4. The lowest BCUT2D eigenvalue weighted by Crippen LogP contribution is -2.46. The Morgan fingerprint density at radius 3 is 2.54 bits per heavy atom. The third-order valence-electron chi connectivity index (χ3n) is 3.78. The van der Waals surface area contributed by atoms with E-state index in [0.717, 1.165) is 5.56 Å². The van der Waals surface area contributed by atoms with Gasteiger partial charge in [0.15, 0.2) is 0 Å². The van der Waals surface area contributed by atoms with E-state index in [9.17, 15) is 19.5 Å². The fourth-order valence-electron chi connectivity index (χ4n) is 2.25. The molecule has 0 aliphatic heterocycles. The average molecular weight is 386 g/mol. The zero-order chi connectivity index (χ0) is 19.9. The first-order valence-corrected chi connectivity index (χ1v) is 8.38. The quantitative estimate of drug-likeness (QED) is 0.594. The van der Waals surface area contributed by atoms with Crippen molar-refractivity contribution >= 4 is 35.1 Å². The molecule has 0 aliphatic rings. The van der Waals surface area contributed by atoms with Gasteiger partial charge in [0.05, 0.1) is 19.3 Å². The summed E-state index contributed by atoms with van der Waals surface area (Å²) in [6.07, 6.45) is 0. The maximum Gasteiger partial charge on any atom is 0.320 e. The van der Waals surface area contributed by atoms with Crippen LogP contribution in [0.2, 0.25) is 5.02 Å². The largest absolute Gasteiger partial charge is 0.495 e. The number of carbonyl (C=O) groups excluding carboxylic acids is 2. The van der Waals surface area contributed by atoms with Gasteiger partial charge in [-0.15, -0.1) is 0 Å². The smallest absolute Gasteiger partial charge is 0.320 e. The number of anilines is 1. The number of benzene rings is 1. The molecule has 1 atom stereocenters. The molecule has 0 aliphatic carbocycles. The molecule has 1 unspecified atom stereocenters. The molecule has 0 saturated carbocycles. The molecule has 0 heterocycles. The summed E-state index contributed by atoms with van der Waals surface area (Å²) in [7, 11) is 1.46. The number of nitrogens with one attached hydrogen (secondary N) is 2. The number of carboxylic acid groups (broad SMARTS) is 1. The highest BCUT2D eigenvalue weighted by molar-refractivity contribution is 6.31. The van der Waals surface area contributed by atoms with Crippen LogP contribution >= 0.6 is 11.6 Å². The van der Waals surface area contributed by atoms with Crippen LogP contribution in [0.25, 0.3) is 0 Å². The Kier molecular flexibility index (Phi) is 8.34. The highest BCUT2D eigenvalue weighted by atomic mass is 35.5. The molecule has 9 heteroatoms. The molecule has 1 rings (SSSR count). The minimum absolute atomic E-state index is 0.155. The van der Waals surface area contributed by atoms with Crippen molar-refractivity contribution in [3.05, 3.63) is 22.7 Å². The van der Waals surface area contributed by atoms with E-state index in [0.29, 0.717) is 16.5 Å². The summed E-state index contributed by atoms with van der Waals surface area (Å²) in [5.41, 5.74) is 1.22. The monoisotopic (exact) mass is 385 g/mol. The average Bonchev–Trinajstić information content (AvgIpc) is 2.55. The normalized spacial score (nSPS) is 11.8. The van der Waals surface area contributed by atoms with E-state index in [2.05, 4.69) is 10.6 Å². The van der Waals surface area contributed by atoms with E-state index >= 15 is 0 Å². The number of hydrogen-bond donors (Lipinski definition) is 3. The predicted molar refractivity (Wildman–Crippen MR) is 98.7 cm³/mol. The van der Waals surface area contributed by atoms with Crippen molar-refractivity contribution in [1.82, 2.24) is 10.2 Å². The number of aliphatic carboxylic acids is 1. The number of rotatable bonds is 9. The number of halogens is 1. The Balaban J connectivity index is 2.84. The van der Waals surface area contributed by atoms with Crippen LogP contribution < -0.4 is 15.4 Å². The summed E-state index contributed by atoms with van der Waals surface area (Å²) in [5, 5.41) is 15.0. The molecule has 0 aromatic heterocycles. The number of carboxylic acids is 1. The second-order valence-corrected chi connectivity index (χ2v) is 6.22. The second-order valence-electron chi connectivity index (χ2n) is 5.82. The van der Waals surface area contributed by atoms with Crippen molar-refractivity contribution in [2.45, 2.75) is 26.8 Å². The van der Waals surface area contributed by atoms with Crippen LogP contribution in [0.4, 0.5) is 5.69 Å². The number of nitrogens with zero attached hydrogens (tertiary/aromatic N) is 1. The molecule has 3 N–H and O–H groups in total. The first-order chi connectivity index (χ1) is 12.1. The molecular weight excluding hydrogens is 362 g/mol. The van der Waals surface area contributed by atoms with Crippen molar-refractivity contribution < 1.29 is 24.2 Å². The molecule has 0 bridgehead atoms. The van der Waals surface area contributed by atoms with Crippen LogP contribution in [0.3, 0.4) is 0 Å². The predicted octanol–water partition coefficient (Wildman–Crippen LogP) is 1.51. The fourth-order valence-corrected chi connectivity index (χ4v) is 2.40. The topological polar surface area (TPSA) is 108 Å². The summed E-state index contributed by atoms with van der Waals surface area (Å²) in [5.74, 6) is -1.27. The number of ether oxygens (including phenoxy) is 1. The molecule has 2 amide bonds. The molecule has 0 radical (unpaired) electrons. The molecule has 8 nitrogen and oxygen atoms in total. The Morgan fingerprint density at radius 2 is 2.00 bits per heavy atom. The van der Waals surface area contributed by atoms with Gasteiger partial charge >= 0.3 is 5.97 Å². The van der Waals surface area contributed by atoms with E-state index in [-0.39, 0.29) is 25.5 Å². The zero-order valence-electron chi connectivity index (χ0n) is 15.3.